The number of halogens is 1. The minimum Gasteiger partial charge on any atom is -0.339 e. The van der Waals surface area contributed by atoms with Crippen molar-refractivity contribution in [1.82, 2.24) is 14.5 Å². The van der Waals surface area contributed by atoms with E-state index in [0.29, 0.717) is 18.1 Å². The fraction of sp³-hybridized carbons (Fsp3) is 0.348. The van der Waals surface area contributed by atoms with Gasteiger partial charge >= 0.3 is 0 Å². The number of anilines is 1. The van der Waals surface area contributed by atoms with Crippen LogP contribution in [0.5, 0.6) is 0 Å². The Balaban J connectivity index is 1.59. The van der Waals surface area contributed by atoms with Gasteiger partial charge < -0.3 is 9.47 Å². The third-order valence-electron chi connectivity index (χ3n) is 5.36. The van der Waals surface area contributed by atoms with Gasteiger partial charge in [0.15, 0.2) is 0 Å². The van der Waals surface area contributed by atoms with Gasteiger partial charge in [-0.25, -0.2) is 9.37 Å². The highest BCUT2D eigenvalue weighted by molar-refractivity contribution is 5.98. The van der Waals surface area contributed by atoms with Crippen molar-refractivity contribution in [2.45, 2.75) is 39.2 Å². The fourth-order valence-electron chi connectivity index (χ4n) is 3.86. The summed E-state index contributed by atoms with van der Waals surface area (Å²) in [5.74, 6) is -0.0453. The van der Waals surface area contributed by atoms with Crippen LogP contribution < -0.4 is 5.32 Å². The van der Waals surface area contributed by atoms with Crippen molar-refractivity contribution in [1.29, 1.82) is 0 Å². The van der Waals surface area contributed by atoms with E-state index in [1.165, 1.54) is 12.1 Å². The number of imidazole rings is 1. The van der Waals surface area contributed by atoms with E-state index in [0.717, 1.165) is 48.9 Å². The Morgan fingerprint density at radius 3 is 2.53 bits per heavy atom. The number of aromatic nitrogens is 2. The number of likely N-dealkylation sites (tertiary alicyclic amines) is 1. The molecule has 0 radical (unpaired) electrons. The molecule has 1 N–H and O–H groups in total. The molecule has 7 heteroatoms. The summed E-state index contributed by atoms with van der Waals surface area (Å²) < 4.78 is 15.0. The van der Waals surface area contributed by atoms with Crippen molar-refractivity contribution in [3.05, 3.63) is 59.4 Å². The van der Waals surface area contributed by atoms with Crippen LogP contribution in [0.1, 0.15) is 42.1 Å². The van der Waals surface area contributed by atoms with Gasteiger partial charge in [0.25, 0.3) is 5.91 Å². The average molecular weight is 408 g/mol. The molecule has 0 saturated carbocycles. The molecule has 156 valence electrons. The first-order valence-electron chi connectivity index (χ1n) is 10.4. The molecule has 0 bridgehead atoms. The molecule has 2 amide bonds. The number of carbonyl (C=O) groups is 2. The number of carbonyl (C=O) groups excluding carboxylic acids is 2. The molecule has 3 aromatic rings. The molecule has 1 saturated heterocycles. The molecule has 0 atom stereocenters. The fourth-order valence-corrected chi connectivity index (χ4v) is 3.86. The minimum absolute atomic E-state index is 0.0422. The van der Waals surface area contributed by atoms with Crippen molar-refractivity contribution in [2.24, 2.45) is 0 Å². The van der Waals surface area contributed by atoms with E-state index in [4.69, 9.17) is 0 Å². The first-order chi connectivity index (χ1) is 14.5. The van der Waals surface area contributed by atoms with Gasteiger partial charge in [-0.1, -0.05) is 19.1 Å². The number of aryl methyl sites for hydroxylation is 1. The van der Waals surface area contributed by atoms with E-state index in [2.05, 4.69) is 17.2 Å². The molecule has 4 rings (SSSR count). The normalized spacial score (nSPS) is 13.7. The van der Waals surface area contributed by atoms with Crippen LogP contribution in [0.15, 0.2) is 42.5 Å². The zero-order valence-corrected chi connectivity index (χ0v) is 17.0. The highest BCUT2D eigenvalue weighted by Gasteiger charge is 2.21. The monoisotopic (exact) mass is 408 g/mol. The van der Waals surface area contributed by atoms with Gasteiger partial charge in [0.1, 0.15) is 5.82 Å². The number of rotatable bonds is 6. The van der Waals surface area contributed by atoms with Gasteiger partial charge in [-0.3, -0.25) is 14.9 Å². The first-order valence-corrected chi connectivity index (χ1v) is 10.4. The molecule has 2 aromatic carbocycles. The lowest BCUT2D eigenvalue weighted by molar-refractivity contribution is -0.115. The maximum absolute atomic E-state index is 13.1. The summed E-state index contributed by atoms with van der Waals surface area (Å²) in [6, 6.07) is 11.4. The number of hydrogen-bond donors (Lipinski definition) is 1. The predicted molar refractivity (Wildman–Crippen MR) is 114 cm³/mol. The molecule has 0 spiro atoms. The van der Waals surface area contributed by atoms with Crippen molar-refractivity contribution in [3.8, 4) is 0 Å². The summed E-state index contributed by atoms with van der Waals surface area (Å²) in [4.78, 5) is 31.8. The van der Waals surface area contributed by atoms with E-state index in [9.17, 15) is 14.0 Å². The molecule has 1 aromatic heterocycles. The third-order valence-corrected chi connectivity index (χ3v) is 5.36. The van der Waals surface area contributed by atoms with Gasteiger partial charge in [0, 0.05) is 25.2 Å². The standard InChI is InChI=1S/C23H25FN4O2/c1-2-11-28-20-15-17(22(30)27-12-3-4-13-27)7-10-19(20)25-23(28)26-21(29)14-16-5-8-18(24)9-6-16/h5-10,15H,2-4,11-14H2,1H3,(H,25,26,29). The molecule has 1 fully saturated rings. The Kier molecular flexibility index (Phi) is 5.79. The van der Waals surface area contributed by atoms with Crippen LogP contribution in [0.3, 0.4) is 0 Å². The molecule has 30 heavy (non-hydrogen) atoms. The SMILES string of the molecule is CCCn1c(NC(=O)Cc2ccc(F)cc2)nc2ccc(C(=O)N3CCCC3)cc21. The summed E-state index contributed by atoms with van der Waals surface area (Å²) in [6.07, 6.45) is 3.09. The maximum Gasteiger partial charge on any atom is 0.253 e. The molecule has 1 aliphatic heterocycles. The zero-order chi connectivity index (χ0) is 21.1. The quantitative estimate of drug-likeness (QED) is 0.670. The van der Waals surface area contributed by atoms with Gasteiger partial charge in [0.2, 0.25) is 11.9 Å². The largest absolute Gasteiger partial charge is 0.339 e. The smallest absolute Gasteiger partial charge is 0.253 e. The van der Waals surface area contributed by atoms with E-state index in [-0.39, 0.29) is 24.1 Å². The van der Waals surface area contributed by atoms with Crippen LogP contribution in [0.4, 0.5) is 10.3 Å². The van der Waals surface area contributed by atoms with E-state index < -0.39 is 0 Å². The number of hydrogen-bond acceptors (Lipinski definition) is 3. The molecular weight excluding hydrogens is 383 g/mol. The summed E-state index contributed by atoms with van der Waals surface area (Å²) in [5.41, 5.74) is 2.94. The van der Waals surface area contributed by atoms with Gasteiger partial charge in [0.05, 0.1) is 17.5 Å². The molecule has 6 nitrogen and oxygen atoms in total. The second-order valence-corrected chi connectivity index (χ2v) is 7.64. The maximum atomic E-state index is 13.1. The lowest BCUT2D eigenvalue weighted by atomic mass is 10.1. The molecule has 2 heterocycles. The van der Waals surface area contributed by atoms with Crippen LogP contribution >= 0.6 is 0 Å². The number of fused-ring (bicyclic) bond motifs is 1. The molecule has 1 aliphatic rings. The number of nitrogens with one attached hydrogen (secondary N) is 1. The van der Waals surface area contributed by atoms with Crippen LogP contribution in [0.25, 0.3) is 11.0 Å². The number of nitrogens with zero attached hydrogens (tertiary/aromatic N) is 3. The Hall–Kier alpha value is -3.22. The van der Waals surface area contributed by atoms with Crippen molar-refractivity contribution < 1.29 is 14.0 Å². The molecule has 0 aliphatic carbocycles. The van der Waals surface area contributed by atoms with Gasteiger partial charge in [-0.15, -0.1) is 0 Å². The Bertz CT molecular complexity index is 1070. The van der Waals surface area contributed by atoms with Crippen molar-refractivity contribution in [3.63, 3.8) is 0 Å². The number of benzene rings is 2. The lowest BCUT2D eigenvalue weighted by Crippen LogP contribution is -2.27. The zero-order valence-electron chi connectivity index (χ0n) is 17.0. The highest BCUT2D eigenvalue weighted by atomic mass is 19.1. The number of amides is 2. The van der Waals surface area contributed by atoms with Crippen LogP contribution in [0, 0.1) is 5.82 Å². The topological polar surface area (TPSA) is 67.2 Å². The van der Waals surface area contributed by atoms with E-state index in [1.54, 1.807) is 18.2 Å². The highest BCUT2D eigenvalue weighted by Crippen LogP contribution is 2.23. The van der Waals surface area contributed by atoms with E-state index >= 15 is 0 Å². The lowest BCUT2D eigenvalue weighted by Gasteiger charge is -2.15. The van der Waals surface area contributed by atoms with Gasteiger partial charge in [-0.05, 0) is 55.2 Å². The summed E-state index contributed by atoms with van der Waals surface area (Å²) in [5, 5.41) is 2.88. The average Bonchev–Trinajstić information content (AvgIpc) is 3.38. The molecule has 0 unspecified atom stereocenters. The second kappa shape index (κ2) is 8.65. The van der Waals surface area contributed by atoms with Crippen LogP contribution in [-0.2, 0) is 17.8 Å². The summed E-state index contributed by atoms with van der Waals surface area (Å²) in [6.45, 7) is 4.32. The second-order valence-electron chi connectivity index (χ2n) is 7.64. The third kappa shape index (κ3) is 4.20. The van der Waals surface area contributed by atoms with E-state index in [1.807, 2.05) is 21.6 Å². The Labute approximate surface area is 174 Å². The van der Waals surface area contributed by atoms with Crippen molar-refractivity contribution in [2.75, 3.05) is 18.4 Å². The van der Waals surface area contributed by atoms with Crippen LogP contribution in [0.2, 0.25) is 0 Å². The van der Waals surface area contributed by atoms with Crippen LogP contribution in [-0.4, -0.2) is 39.4 Å². The van der Waals surface area contributed by atoms with Gasteiger partial charge in [-0.2, -0.15) is 0 Å². The summed E-state index contributed by atoms with van der Waals surface area (Å²) >= 11 is 0. The Morgan fingerprint density at radius 1 is 1.10 bits per heavy atom. The summed E-state index contributed by atoms with van der Waals surface area (Å²) in [7, 11) is 0. The Morgan fingerprint density at radius 2 is 1.83 bits per heavy atom. The first kappa shape index (κ1) is 20.1. The minimum atomic E-state index is -0.330. The molecular formula is C23H25FN4O2. The predicted octanol–water partition coefficient (Wildman–Crippen LogP) is 4.00. The van der Waals surface area contributed by atoms with Crippen molar-refractivity contribution >= 4 is 28.8 Å².